The Kier molecular flexibility index (Phi) is 6.97. The molecule has 0 saturated carbocycles. The van der Waals surface area contributed by atoms with E-state index in [4.69, 9.17) is 4.74 Å². The molecule has 0 aliphatic carbocycles. The van der Waals surface area contributed by atoms with Gasteiger partial charge >= 0.3 is 0 Å². The Morgan fingerprint density at radius 3 is 2.58 bits per heavy atom. The minimum Gasteiger partial charge on any atom is -0.496 e. The number of anilines is 1. The highest BCUT2D eigenvalue weighted by Gasteiger charge is 2.39. The highest BCUT2D eigenvalue weighted by molar-refractivity contribution is 6.27. The molecule has 1 atom stereocenters. The minimum atomic E-state index is -2.98. The van der Waals surface area contributed by atoms with Crippen LogP contribution in [-0.2, 0) is 21.9 Å². The number of Topliss-reactive ketones (excluding diaryl/α,β-unsaturated/α-hetero) is 1. The Balaban J connectivity index is 1.60. The van der Waals surface area contributed by atoms with Gasteiger partial charge in [-0.1, -0.05) is 31.2 Å². The van der Waals surface area contributed by atoms with Crippen molar-refractivity contribution in [2.45, 2.75) is 39.5 Å². The van der Waals surface area contributed by atoms with Gasteiger partial charge in [-0.25, -0.2) is 8.78 Å². The quantitative estimate of drug-likeness (QED) is 0.378. The fraction of sp³-hybridized carbons (Fsp3) is 0.286. The predicted octanol–water partition coefficient (Wildman–Crippen LogP) is 5.72. The number of rotatable bonds is 8. The second kappa shape index (κ2) is 9.97. The van der Waals surface area contributed by atoms with E-state index in [2.05, 4.69) is 10.1 Å². The molecule has 1 aromatic heterocycles. The first-order chi connectivity index (χ1) is 17.2. The molecule has 4 rings (SSSR count). The monoisotopic (exact) mass is 491 g/mol. The van der Waals surface area contributed by atoms with E-state index in [9.17, 15) is 18.4 Å². The van der Waals surface area contributed by atoms with Crippen molar-refractivity contribution in [2.24, 2.45) is 11.0 Å². The molecule has 0 fully saturated rings. The number of carbonyl (C=O) groups is 2. The number of alkyl halides is 2. The maximum absolute atomic E-state index is 14.1. The molecule has 0 N–H and O–H groups in total. The van der Waals surface area contributed by atoms with E-state index in [1.54, 1.807) is 44.5 Å². The molecule has 2 aromatic carbocycles. The number of hydrazone groups is 1. The second-order valence-electron chi connectivity index (χ2n) is 8.78. The summed E-state index contributed by atoms with van der Waals surface area (Å²) >= 11 is 0. The minimum absolute atomic E-state index is 0.143. The first kappa shape index (κ1) is 25.2. The van der Waals surface area contributed by atoms with Gasteiger partial charge in [0.15, 0.2) is 5.78 Å². The zero-order valence-corrected chi connectivity index (χ0v) is 20.6. The van der Waals surface area contributed by atoms with Crippen LogP contribution >= 0.6 is 0 Å². The van der Waals surface area contributed by atoms with Gasteiger partial charge in [0.2, 0.25) is 0 Å². The van der Waals surface area contributed by atoms with Crippen molar-refractivity contribution in [1.82, 2.24) is 4.98 Å². The van der Waals surface area contributed by atoms with Crippen LogP contribution in [0.4, 0.5) is 14.5 Å². The Bertz CT molecular complexity index is 1350. The lowest BCUT2D eigenvalue weighted by atomic mass is 9.92. The van der Waals surface area contributed by atoms with Crippen LogP contribution in [0.3, 0.4) is 0 Å². The van der Waals surface area contributed by atoms with E-state index in [1.807, 2.05) is 19.1 Å². The molecule has 0 bridgehead atoms. The number of amides is 1. The number of pyridine rings is 1. The van der Waals surface area contributed by atoms with Crippen LogP contribution in [0.1, 0.15) is 37.0 Å². The fourth-order valence-corrected chi connectivity index (χ4v) is 4.32. The Hall–Kier alpha value is -3.94. The average molecular weight is 492 g/mol. The standard InChI is InChI=1S/C28H27F2N3O3/c1-5-28(29,30)20-10-6-9-19(14-20)15-23(34)25-18(3)32-33(27(25)35)21-11-12-24(36-4)22(16-21)26-17(2)8-7-13-31-26/h6-14,16,25H,5,15H2,1-4H3. The first-order valence-electron chi connectivity index (χ1n) is 11.6. The summed E-state index contributed by atoms with van der Waals surface area (Å²) in [6, 6.07) is 14.7. The third-order valence-corrected chi connectivity index (χ3v) is 6.32. The molecule has 1 amide bonds. The van der Waals surface area contributed by atoms with Crippen LogP contribution < -0.4 is 9.75 Å². The summed E-state index contributed by atoms with van der Waals surface area (Å²) in [5, 5.41) is 5.57. The molecule has 8 heteroatoms. The van der Waals surface area contributed by atoms with E-state index in [0.717, 1.165) is 5.56 Å². The zero-order chi connectivity index (χ0) is 26.0. The van der Waals surface area contributed by atoms with E-state index >= 15 is 0 Å². The van der Waals surface area contributed by atoms with Gasteiger partial charge in [-0.05, 0) is 55.3 Å². The van der Waals surface area contributed by atoms with Gasteiger partial charge in [0, 0.05) is 30.2 Å². The predicted molar refractivity (Wildman–Crippen MR) is 134 cm³/mol. The van der Waals surface area contributed by atoms with Crippen molar-refractivity contribution in [3.8, 4) is 17.0 Å². The lowest BCUT2D eigenvalue weighted by Gasteiger charge is -2.17. The average Bonchev–Trinajstić information content (AvgIpc) is 3.17. The second-order valence-corrected chi connectivity index (χ2v) is 8.78. The third kappa shape index (κ3) is 4.76. The molecule has 0 radical (unpaired) electrons. The highest BCUT2D eigenvalue weighted by Crippen LogP contribution is 2.36. The van der Waals surface area contributed by atoms with Crippen LogP contribution in [-0.4, -0.2) is 29.5 Å². The van der Waals surface area contributed by atoms with Crippen molar-refractivity contribution >= 4 is 23.1 Å². The summed E-state index contributed by atoms with van der Waals surface area (Å²) in [6.07, 6.45) is 1.19. The number of methoxy groups -OCH3 is 1. The maximum atomic E-state index is 14.1. The number of benzene rings is 2. The zero-order valence-electron chi connectivity index (χ0n) is 20.6. The third-order valence-electron chi connectivity index (χ3n) is 6.32. The van der Waals surface area contributed by atoms with Crippen LogP contribution in [0.15, 0.2) is 65.9 Å². The Morgan fingerprint density at radius 1 is 1.11 bits per heavy atom. The summed E-state index contributed by atoms with van der Waals surface area (Å²) in [4.78, 5) is 30.9. The summed E-state index contributed by atoms with van der Waals surface area (Å²) in [7, 11) is 1.56. The number of halogens is 2. The number of hydrogen-bond donors (Lipinski definition) is 0. The molecule has 2 heterocycles. The smallest absolute Gasteiger partial charge is 0.273 e. The highest BCUT2D eigenvalue weighted by atomic mass is 19.3. The molecule has 6 nitrogen and oxygen atoms in total. The lowest BCUT2D eigenvalue weighted by molar-refractivity contribution is -0.128. The number of carbonyl (C=O) groups excluding carboxylic acids is 2. The number of aryl methyl sites for hydroxylation is 1. The van der Waals surface area contributed by atoms with Crippen LogP contribution in [0.25, 0.3) is 11.3 Å². The molecule has 0 saturated heterocycles. The van der Waals surface area contributed by atoms with Crippen molar-refractivity contribution in [3.63, 3.8) is 0 Å². The van der Waals surface area contributed by atoms with Gasteiger partial charge in [0.25, 0.3) is 11.8 Å². The number of aromatic nitrogens is 1. The van der Waals surface area contributed by atoms with Crippen molar-refractivity contribution in [1.29, 1.82) is 0 Å². The van der Waals surface area contributed by atoms with Gasteiger partial charge < -0.3 is 4.74 Å². The molecular formula is C28H27F2N3O3. The molecular weight excluding hydrogens is 464 g/mol. The number of hydrogen-bond acceptors (Lipinski definition) is 5. The van der Waals surface area contributed by atoms with Gasteiger partial charge in [-0.2, -0.15) is 10.1 Å². The van der Waals surface area contributed by atoms with E-state index in [-0.39, 0.29) is 18.4 Å². The van der Waals surface area contributed by atoms with E-state index < -0.39 is 23.5 Å². The summed E-state index contributed by atoms with van der Waals surface area (Å²) < 4.78 is 33.7. The van der Waals surface area contributed by atoms with Crippen LogP contribution in [0.2, 0.25) is 0 Å². The van der Waals surface area contributed by atoms with Gasteiger partial charge in [0.05, 0.1) is 24.2 Å². The number of ketones is 1. The number of ether oxygens (including phenoxy) is 1. The SMILES string of the molecule is CCC(F)(F)c1cccc(CC(=O)C2C(=O)N(c3ccc(OC)c(-c4ncccc4C)c3)N=C2C)c1. The van der Waals surface area contributed by atoms with Crippen molar-refractivity contribution in [3.05, 3.63) is 77.5 Å². The molecule has 0 spiro atoms. The van der Waals surface area contributed by atoms with E-state index in [0.29, 0.717) is 34.0 Å². The molecule has 36 heavy (non-hydrogen) atoms. The molecule has 1 aliphatic rings. The van der Waals surface area contributed by atoms with Crippen molar-refractivity contribution < 1.29 is 23.1 Å². The van der Waals surface area contributed by atoms with E-state index in [1.165, 1.54) is 30.1 Å². The van der Waals surface area contributed by atoms with Gasteiger partial charge in [-0.3, -0.25) is 14.6 Å². The molecule has 1 aliphatic heterocycles. The summed E-state index contributed by atoms with van der Waals surface area (Å²) in [5.74, 6) is -4.35. The summed E-state index contributed by atoms with van der Waals surface area (Å²) in [5.41, 5.74) is 3.45. The first-order valence-corrected chi connectivity index (χ1v) is 11.6. The fourth-order valence-electron chi connectivity index (χ4n) is 4.32. The molecule has 186 valence electrons. The Morgan fingerprint density at radius 2 is 1.89 bits per heavy atom. The van der Waals surface area contributed by atoms with Crippen molar-refractivity contribution in [2.75, 3.05) is 12.1 Å². The summed E-state index contributed by atoms with van der Waals surface area (Å²) in [6.45, 7) is 4.95. The van der Waals surface area contributed by atoms with Crippen LogP contribution in [0.5, 0.6) is 5.75 Å². The van der Waals surface area contributed by atoms with Crippen LogP contribution in [0, 0.1) is 12.8 Å². The maximum Gasteiger partial charge on any atom is 0.273 e. The topological polar surface area (TPSA) is 71.9 Å². The Labute approximate surface area is 208 Å². The van der Waals surface area contributed by atoms with Gasteiger partial charge in [-0.15, -0.1) is 0 Å². The molecule has 1 unspecified atom stereocenters. The van der Waals surface area contributed by atoms with Gasteiger partial charge in [0.1, 0.15) is 11.7 Å². The molecule has 3 aromatic rings. The lowest BCUT2D eigenvalue weighted by Crippen LogP contribution is -2.33. The largest absolute Gasteiger partial charge is 0.496 e. The number of nitrogens with zero attached hydrogens (tertiary/aromatic N) is 3. The normalized spacial score (nSPS) is 15.7.